The molecule has 2 aromatic heterocycles. The molecule has 4 aliphatic rings. The summed E-state index contributed by atoms with van der Waals surface area (Å²) >= 11 is 0. The SMILES string of the molecule is CC(C)Oc1cc2nn(C34COC(CF)(C3)C4)cc2cc1C(=O)Nc1cccn([C@@H]2C[C@@H]2F)c1=O. The zero-order valence-corrected chi connectivity index (χ0v) is 19.5. The molecule has 2 saturated heterocycles. The van der Waals surface area contributed by atoms with Gasteiger partial charge < -0.3 is 19.4 Å². The third-order valence-corrected chi connectivity index (χ3v) is 7.15. The second-order valence-corrected chi connectivity index (χ2v) is 10.2. The van der Waals surface area contributed by atoms with Crippen LogP contribution in [0.5, 0.6) is 5.75 Å². The largest absolute Gasteiger partial charge is 0.490 e. The van der Waals surface area contributed by atoms with E-state index in [1.165, 1.54) is 16.8 Å². The lowest BCUT2D eigenvalue weighted by atomic mass is 9.69. The lowest BCUT2D eigenvalue weighted by Gasteiger charge is -2.42. The van der Waals surface area contributed by atoms with Crippen LogP contribution in [0.1, 0.15) is 49.5 Å². The van der Waals surface area contributed by atoms with Gasteiger partial charge in [-0.2, -0.15) is 5.10 Å². The number of ether oxygens (including phenoxy) is 2. The number of nitrogens with one attached hydrogen (secondary N) is 1. The first-order chi connectivity index (χ1) is 16.7. The van der Waals surface area contributed by atoms with Crippen molar-refractivity contribution in [3.05, 3.63) is 52.6 Å². The molecule has 1 amide bonds. The van der Waals surface area contributed by atoms with Crippen LogP contribution in [-0.2, 0) is 10.3 Å². The molecule has 2 bridgehead atoms. The number of hydrogen-bond acceptors (Lipinski definition) is 5. The molecule has 35 heavy (non-hydrogen) atoms. The van der Waals surface area contributed by atoms with Gasteiger partial charge in [0.2, 0.25) is 0 Å². The molecule has 1 aromatic carbocycles. The third kappa shape index (κ3) is 3.53. The van der Waals surface area contributed by atoms with Crippen molar-refractivity contribution in [3.8, 4) is 5.75 Å². The maximum atomic E-state index is 13.5. The molecule has 2 saturated carbocycles. The number of fused-ring (bicyclic) bond motifs is 2. The van der Waals surface area contributed by atoms with E-state index in [-0.39, 0.29) is 22.9 Å². The summed E-state index contributed by atoms with van der Waals surface area (Å²) in [6.07, 6.45) is 3.54. The number of nitrogens with zero attached hydrogens (tertiary/aromatic N) is 3. The minimum absolute atomic E-state index is 0.0712. The first kappa shape index (κ1) is 22.2. The van der Waals surface area contributed by atoms with Gasteiger partial charge in [0.1, 0.15) is 29.9 Å². The van der Waals surface area contributed by atoms with E-state index in [1.54, 1.807) is 18.2 Å². The minimum Gasteiger partial charge on any atom is -0.490 e. The van der Waals surface area contributed by atoms with Crippen LogP contribution in [0, 0.1) is 0 Å². The number of anilines is 1. The number of amides is 1. The highest BCUT2D eigenvalue weighted by Crippen LogP contribution is 2.56. The van der Waals surface area contributed by atoms with Gasteiger partial charge in [-0.3, -0.25) is 14.3 Å². The zero-order valence-electron chi connectivity index (χ0n) is 19.5. The Bertz CT molecular complexity index is 1390. The highest BCUT2D eigenvalue weighted by atomic mass is 19.1. The van der Waals surface area contributed by atoms with Crippen molar-refractivity contribution < 1.29 is 23.0 Å². The molecule has 0 unspecified atom stereocenters. The van der Waals surface area contributed by atoms with Crippen molar-refractivity contribution in [2.45, 2.75) is 62.6 Å². The molecule has 10 heteroatoms. The summed E-state index contributed by atoms with van der Waals surface area (Å²) in [6, 6.07) is 6.01. The number of benzene rings is 1. The van der Waals surface area contributed by atoms with Crippen molar-refractivity contribution in [2.75, 3.05) is 18.6 Å². The Balaban J connectivity index is 1.34. The highest BCUT2D eigenvalue weighted by Gasteiger charge is 2.64. The van der Waals surface area contributed by atoms with Crippen molar-refractivity contribution in [1.29, 1.82) is 0 Å². The van der Waals surface area contributed by atoms with E-state index < -0.39 is 36.0 Å². The van der Waals surface area contributed by atoms with E-state index in [2.05, 4.69) is 5.32 Å². The predicted molar refractivity (Wildman–Crippen MR) is 125 cm³/mol. The van der Waals surface area contributed by atoms with Crippen LogP contribution in [-0.4, -0.2) is 51.4 Å². The van der Waals surface area contributed by atoms with Crippen LogP contribution < -0.4 is 15.6 Å². The molecule has 4 fully saturated rings. The van der Waals surface area contributed by atoms with Gasteiger partial charge >= 0.3 is 0 Å². The fourth-order valence-electron chi connectivity index (χ4n) is 5.32. The summed E-state index contributed by atoms with van der Waals surface area (Å²) in [4.78, 5) is 26.1. The molecule has 0 spiro atoms. The van der Waals surface area contributed by atoms with Crippen molar-refractivity contribution in [3.63, 3.8) is 0 Å². The summed E-state index contributed by atoms with van der Waals surface area (Å²) in [5, 5.41) is 8.08. The van der Waals surface area contributed by atoms with Gasteiger partial charge in [-0.05, 0) is 32.0 Å². The molecule has 2 aliphatic heterocycles. The van der Waals surface area contributed by atoms with Crippen molar-refractivity contribution >= 4 is 22.5 Å². The summed E-state index contributed by atoms with van der Waals surface area (Å²) in [7, 11) is 0. The van der Waals surface area contributed by atoms with Crippen LogP contribution in [0.15, 0.2) is 41.5 Å². The van der Waals surface area contributed by atoms with Gasteiger partial charge in [0.15, 0.2) is 0 Å². The van der Waals surface area contributed by atoms with Crippen LogP contribution in [0.3, 0.4) is 0 Å². The van der Waals surface area contributed by atoms with Gasteiger partial charge in [-0.25, -0.2) is 8.78 Å². The normalized spacial score (nSPS) is 28.8. The minimum atomic E-state index is -1.04. The van der Waals surface area contributed by atoms with Crippen LogP contribution >= 0.6 is 0 Å². The number of pyridine rings is 1. The Labute approximate surface area is 199 Å². The summed E-state index contributed by atoms with van der Waals surface area (Å²) in [5.41, 5.74) is -0.558. The fraction of sp³-hybridized carbons (Fsp3) is 0.480. The maximum absolute atomic E-state index is 13.5. The van der Waals surface area contributed by atoms with Crippen LogP contribution in [0.2, 0.25) is 0 Å². The average molecular weight is 485 g/mol. The summed E-state index contributed by atoms with van der Waals surface area (Å²) < 4.78 is 41.6. The number of rotatable bonds is 7. The first-order valence-corrected chi connectivity index (χ1v) is 11.8. The topological polar surface area (TPSA) is 87.4 Å². The Morgan fingerprint density at radius 2 is 2.14 bits per heavy atom. The molecule has 3 aromatic rings. The number of carbonyl (C=O) groups is 1. The number of hydrogen-bond donors (Lipinski definition) is 1. The van der Waals surface area contributed by atoms with Gasteiger partial charge in [0, 0.05) is 43.1 Å². The van der Waals surface area contributed by atoms with Crippen LogP contribution in [0.4, 0.5) is 14.5 Å². The van der Waals surface area contributed by atoms with Gasteiger partial charge in [-0.1, -0.05) is 0 Å². The Morgan fingerprint density at radius 3 is 2.80 bits per heavy atom. The molecular weight excluding hydrogens is 458 g/mol. The van der Waals surface area contributed by atoms with E-state index in [4.69, 9.17) is 14.6 Å². The first-order valence-electron chi connectivity index (χ1n) is 11.8. The molecular formula is C25H26F2N4O4. The molecule has 2 atom stereocenters. The monoisotopic (exact) mass is 484 g/mol. The van der Waals surface area contributed by atoms with Crippen molar-refractivity contribution in [1.82, 2.24) is 14.3 Å². The van der Waals surface area contributed by atoms with E-state index in [9.17, 15) is 18.4 Å². The van der Waals surface area contributed by atoms with Gasteiger partial charge in [0.05, 0.1) is 35.4 Å². The maximum Gasteiger partial charge on any atom is 0.274 e. The van der Waals surface area contributed by atoms with E-state index in [0.29, 0.717) is 42.5 Å². The second-order valence-electron chi connectivity index (χ2n) is 10.2. The van der Waals surface area contributed by atoms with E-state index in [0.717, 1.165) is 0 Å². The number of halogens is 2. The highest BCUT2D eigenvalue weighted by molar-refractivity contribution is 6.08. The van der Waals surface area contributed by atoms with E-state index >= 15 is 0 Å². The average Bonchev–Trinajstić information content (AvgIpc) is 3.16. The third-order valence-electron chi connectivity index (χ3n) is 7.15. The Hall–Kier alpha value is -3.27. The predicted octanol–water partition coefficient (Wildman–Crippen LogP) is 3.75. The molecule has 1 N–H and O–H groups in total. The van der Waals surface area contributed by atoms with Gasteiger partial charge in [0.25, 0.3) is 11.5 Å². The smallest absolute Gasteiger partial charge is 0.274 e. The summed E-state index contributed by atoms with van der Waals surface area (Å²) in [6.45, 7) is 3.58. The van der Waals surface area contributed by atoms with Gasteiger partial charge in [-0.15, -0.1) is 0 Å². The van der Waals surface area contributed by atoms with Crippen molar-refractivity contribution in [2.24, 2.45) is 0 Å². The Morgan fingerprint density at radius 1 is 1.37 bits per heavy atom. The Kier molecular flexibility index (Phi) is 4.83. The lowest BCUT2D eigenvalue weighted by molar-refractivity contribution is -0.0336. The molecule has 184 valence electrons. The number of aromatic nitrogens is 3. The fourth-order valence-corrected chi connectivity index (χ4v) is 5.32. The summed E-state index contributed by atoms with van der Waals surface area (Å²) in [5.74, 6) is -0.176. The second kappa shape index (κ2) is 7.61. The molecule has 0 radical (unpaired) electrons. The molecule has 2 aliphatic carbocycles. The zero-order chi connectivity index (χ0) is 24.5. The molecule has 8 nitrogen and oxygen atoms in total. The molecule has 4 heterocycles. The molecule has 7 rings (SSSR count). The standard InChI is InChI=1S/C25H26F2N4O4/c1-14(2)35-21-8-19-15(9-31(29-19)24-10-25(11-24,12-26)34-13-24)6-16(21)22(32)28-18-4-3-5-30(23(18)33)20-7-17(20)27/h3-6,8-9,14,17,20H,7,10-13H2,1-2H3,(H,28,32)/t17-,20+,24?,25?/m0/s1. The lowest BCUT2D eigenvalue weighted by Crippen LogP contribution is -2.52. The number of alkyl halides is 2. The number of carbonyl (C=O) groups excluding carboxylic acids is 1. The van der Waals surface area contributed by atoms with E-state index in [1.807, 2.05) is 24.7 Å². The van der Waals surface area contributed by atoms with Crippen LogP contribution in [0.25, 0.3) is 10.9 Å². The quantitative estimate of drug-likeness (QED) is 0.552.